The molecule has 0 saturated heterocycles. The summed E-state index contributed by atoms with van der Waals surface area (Å²) in [5, 5.41) is 0. The molecule has 150 valence electrons. The highest BCUT2D eigenvalue weighted by molar-refractivity contribution is 5.77. The molecule has 25 heavy (non-hydrogen) atoms. The van der Waals surface area contributed by atoms with Gasteiger partial charge in [0, 0.05) is 13.6 Å². The Hall–Kier alpha value is -0.570. The molecule has 0 N–H and O–H groups in total. The minimum atomic E-state index is -0.280. The van der Waals surface area contributed by atoms with Gasteiger partial charge in [-0.3, -0.25) is 4.79 Å². The maximum atomic E-state index is 12.4. The molecule has 3 nitrogen and oxygen atoms in total. The van der Waals surface area contributed by atoms with Crippen molar-refractivity contribution in [2.45, 2.75) is 101 Å². The molecule has 0 aromatic rings. The van der Waals surface area contributed by atoms with Gasteiger partial charge >= 0.3 is 0 Å². The van der Waals surface area contributed by atoms with Crippen LogP contribution in [-0.4, -0.2) is 36.6 Å². The molecule has 0 saturated carbocycles. The fraction of sp³-hybridized carbons (Fsp3) is 0.955. The Balaban J connectivity index is 4.99. The van der Waals surface area contributed by atoms with Gasteiger partial charge in [0.1, 0.15) is 6.61 Å². The molecule has 0 aliphatic rings. The van der Waals surface area contributed by atoms with Crippen LogP contribution in [0.3, 0.4) is 0 Å². The van der Waals surface area contributed by atoms with Crippen molar-refractivity contribution in [1.29, 1.82) is 0 Å². The molecule has 0 radical (unpaired) electrons. The summed E-state index contributed by atoms with van der Waals surface area (Å²) in [5.74, 6) is 0.0728. The Morgan fingerprint density at radius 1 is 0.840 bits per heavy atom. The van der Waals surface area contributed by atoms with E-state index in [1.807, 2.05) is 32.7 Å². The van der Waals surface area contributed by atoms with Crippen LogP contribution in [0.1, 0.15) is 94.9 Å². The summed E-state index contributed by atoms with van der Waals surface area (Å²) in [4.78, 5) is 14.3. The highest BCUT2D eigenvalue weighted by atomic mass is 16.5. The largest absolute Gasteiger partial charge is 0.366 e. The second kappa shape index (κ2) is 8.88. The average molecular weight is 356 g/mol. The summed E-state index contributed by atoms with van der Waals surface area (Å²) >= 11 is 0. The van der Waals surface area contributed by atoms with E-state index in [0.717, 1.165) is 19.4 Å². The van der Waals surface area contributed by atoms with Gasteiger partial charge in [0.15, 0.2) is 0 Å². The predicted octanol–water partition coefficient (Wildman–Crippen LogP) is 5.92. The van der Waals surface area contributed by atoms with Gasteiger partial charge in [-0.2, -0.15) is 0 Å². The molecule has 0 spiro atoms. The molecule has 0 bridgehead atoms. The minimum Gasteiger partial charge on any atom is -0.366 e. The van der Waals surface area contributed by atoms with Crippen LogP contribution in [0.5, 0.6) is 0 Å². The minimum absolute atomic E-state index is 0.0728. The molecule has 2 unspecified atom stereocenters. The molecule has 0 aliphatic heterocycles. The number of hydrogen-bond acceptors (Lipinski definition) is 2. The van der Waals surface area contributed by atoms with E-state index in [2.05, 4.69) is 48.5 Å². The van der Waals surface area contributed by atoms with Gasteiger partial charge in [-0.15, -0.1) is 0 Å². The Kier molecular flexibility index (Phi) is 8.68. The summed E-state index contributed by atoms with van der Waals surface area (Å²) in [6, 6.07) is 0. The van der Waals surface area contributed by atoms with E-state index < -0.39 is 0 Å². The van der Waals surface area contributed by atoms with Crippen molar-refractivity contribution in [2.24, 2.45) is 16.2 Å². The quantitative estimate of drug-likeness (QED) is 0.514. The number of rotatable bonds is 9. The van der Waals surface area contributed by atoms with Crippen molar-refractivity contribution >= 4 is 5.91 Å². The van der Waals surface area contributed by atoms with Crippen molar-refractivity contribution in [3.8, 4) is 0 Å². The Labute approximate surface area is 157 Å². The lowest BCUT2D eigenvalue weighted by atomic mass is 9.64. The summed E-state index contributed by atoms with van der Waals surface area (Å²) in [7, 11) is 1.91. The first-order valence-electron chi connectivity index (χ1n) is 9.93. The third kappa shape index (κ3) is 10.2. The molecule has 0 aliphatic carbocycles. The van der Waals surface area contributed by atoms with Crippen LogP contribution in [0.2, 0.25) is 0 Å². The van der Waals surface area contributed by atoms with Crippen LogP contribution >= 0.6 is 0 Å². The molecule has 0 aromatic heterocycles. The van der Waals surface area contributed by atoms with Crippen LogP contribution in [0.15, 0.2) is 0 Å². The molecule has 2 atom stereocenters. The number of amides is 1. The topological polar surface area (TPSA) is 29.5 Å². The number of ether oxygens (including phenoxy) is 1. The monoisotopic (exact) mass is 355 g/mol. The number of carbonyl (C=O) groups excluding carboxylic acids is 1. The zero-order chi connectivity index (χ0) is 20.1. The van der Waals surface area contributed by atoms with Crippen LogP contribution in [0, 0.1) is 16.2 Å². The Bertz CT molecular complexity index is 419. The van der Waals surface area contributed by atoms with E-state index in [1.54, 1.807) is 0 Å². The highest BCUT2D eigenvalue weighted by Gasteiger charge is 2.37. The molecule has 0 fully saturated rings. The average Bonchev–Trinajstić information content (AvgIpc) is 2.41. The molecular weight excluding hydrogens is 310 g/mol. The van der Waals surface area contributed by atoms with Crippen LogP contribution in [-0.2, 0) is 9.53 Å². The maximum Gasteiger partial charge on any atom is 0.248 e. The first kappa shape index (κ1) is 24.4. The second-order valence-electron chi connectivity index (χ2n) is 10.9. The third-order valence-corrected chi connectivity index (χ3v) is 5.19. The number of nitrogens with zero attached hydrogens (tertiary/aromatic N) is 1. The molecule has 0 rings (SSSR count). The summed E-state index contributed by atoms with van der Waals surface area (Å²) in [6.07, 6.45) is 4.59. The summed E-state index contributed by atoms with van der Waals surface area (Å²) in [5.41, 5.74) is 0.469. The van der Waals surface area contributed by atoms with Crippen LogP contribution in [0.25, 0.3) is 0 Å². The van der Waals surface area contributed by atoms with Gasteiger partial charge in [0.2, 0.25) is 5.91 Å². The van der Waals surface area contributed by atoms with Gasteiger partial charge < -0.3 is 9.64 Å². The number of likely N-dealkylation sites (N-methyl/N-ethyl adjacent to an activating group) is 1. The SMILES string of the molecule is CCC(C)(CN(C)C(=O)COC(C)(C)C)CC(C)(CC)CC(C)(C)C. The lowest BCUT2D eigenvalue weighted by Crippen LogP contribution is -2.42. The van der Waals surface area contributed by atoms with Gasteiger partial charge in [-0.25, -0.2) is 0 Å². The van der Waals surface area contributed by atoms with E-state index >= 15 is 0 Å². The molecule has 0 aromatic carbocycles. The number of hydrogen-bond donors (Lipinski definition) is 0. The Morgan fingerprint density at radius 3 is 1.68 bits per heavy atom. The fourth-order valence-electron chi connectivity index (χ4n) is 3.97. The maximum absolute atomic E-state index is 12.4. The lowest BCUT2D eigenvalue weighted by molar-refractivity contribution is -0.141. The van der Waals surface area contributed by atoms with Gasteiger partial charge in [-0.05, 0) is 56.3 Å². The van der Waals surface area contributed by atoms with Crippen molar-refractivity contribution in [1.82, 2.24) is 4.90 Å². The van der Waals surface area contributed by atoms with E-state index in [0.29, 0.717) is 10.8 Å². The molecule has 3 heteroatoms. The van der Waals surface area contributed by atoms with Gasteiger partial charge in [0.05, 0.1) is 5.60 Å². The smallest absolute Gasteiger partial charge is 0.248 e. The van der Waals surface area contributed by atoms with Gasteiger partial charge in [0.25, 0.3) is 0 Å². The standard InChI is InChI=1S/C22H45NO2/c1-12-21(9,15-19(3,4)5)16-22(10,13-2)17-23(11)18(24)14-25-20(6,7)8/h12-17H2,1-11H3. The normalized spacial score (nSPS) is 17.7. The highest BCUT2D eigenvalue weighted by Crippen LogP contribution is 2.45. The first-order valence-corrected chi connectivity index (χ1v) is 9.93. The summed E-state index contributed by atoms with van der Waals surface area (Å²) in [6.45, 7) is 23.2. The van der Waals surface area contributed by atoms with Crippen molar-refractivity contribution < 1.29 is 9.53 Å². The van der Waals surface area contributed by atoms with Gasteiger partial charge in [-0.1, -0.05) is 54.9 Å². The first-order chi connectivity index (χ1) is 11.0. The zero-order valence-corrected chi connectivity index (χ0v) is 19.0. The fourth-order valence-corrected chi connectivity index (χ4v) is 3.97. The zero-order valence-electron chi connectivity index (χ0n) is 19.0. The summed E-state index contributed by atoms with van der Waals surface area (Å²) < 4.78 is 5.66. The van der Waals surface area contributed by atoms with Crippen LogP contribution in [0.4, 0.5) is 0 Å². The molecule has 1 amide bonds. The van der Waals surface area contributed by atoms with E-state index in [4.69, 9.17) is 4.74 Å². The van der Waals surface area contributed by atoms with E-state index in [9.17, 15) is 4.79 Å². The van der Waals surface area contributed by atoms with Crippen molar-refractivity contribution in [3.63, 3.8) is 0 Å². The predicted molar refractivity (Wildman–Crippen MR) is 109 cm³/mol. The van der Waals surface area contributed by atoms with E-state index in [-0.39, 0.29) is 23.5 Å². The van der Waals surface area contributed by atoms with Crippen molar-refractivity contribution in [3.05, 3.63) is 0 Å². The third-order valence-electron chi connectivity index (χ3n) is 5.19. The second-order valence-corrected chi connectivity index (χ2v) is 10.9. The van der Waals surface area contributed by atoms with Crippen molar-refractivity contribution in [2.75, 3.05) is 20.2 Å². The number of carbonyl (C=O) groups is 1. The van der Waals surface area contributed by atoms with E-state index in [1.165, 1.54) is 12.8 Å². The molecular formula is C22H45NO2. The van der Waals surface area contributed by atoms with Crippen LogP contribution < -0.4 is 0 Å². The Morgan fingerprint density at radius 2 is 1.32 bits per heavy atom. The lowest BCUT2D eigenvalue weighted by Gasteiger charge is -2.43. The molecule has 0 heterocycles.